The third-order valence-corrected chi connectivity index (χ3v) is 3.11. The van der Waals surface area contributed by atoms with E-state index in [4.69, 9.17) is 5.26 Å². The Morgan fingerprint density at radius 1 is 1.27 bits per heavy atom. The van der Waals surface area contributed by atoms with E-state index < -0.39 is 0 Å². The van der Waals surface area contributed by atoms with Crippen molar-refractivity contribution in [2.75, 3.05) is 0 Å². The Morgan fingerprint density at radius 3 is 2.55 bits per heavy atom. The zero-order chi connectivity index (χ0) is 7.73. The number of nitrogens with one attached hydrogen (secondary N) is 1. The first-order valence-corrected chi connectivity index (χ1v) is 4.52. The normalized spacial score (nSPS) is 34.3. The lowest BCUT2D eigenvalue weighted by atomic mass is 9.96. The van der Waals surface area contributed by atoms with Crippen LogP contribution < -0.4 is 5.32 Å². The average molecular weight is 150 g/mol. The summed E-state index contributed by atoms with van der Waals surface area (Å²) in [6.45, 7) is 0. The van der Waals surface area contributed by atoms with Gasteiger partial charge in [-0.15, -0.1) is 0 Å². The van der Waals surface area contributed by atoms with E-state index in [1.54, 1.807) is 0 Å². The van der Waals surface area contributed by atoms with Crippen molar-refractivity contribution < 1.29 is 0 Å². The maximum Gasteiger partial charge on any atom is 0.0957 e. The van der Waals surface area contributed by atoms with Crippen LogP contribution in [0.15, 0.2) is 0 Å². The molecule has 60 valence electrons. The van der Waals surface area contributed by atoms with Crippen molar-refractivity contribution in [2.24, 2.45) is 0 Å². The van der Waals surface area contributed by atoms with Gasteiger partial charge in [-0.25, -0.2) is 0 Å². The van der Waals surface area contributed by atoms with Gasteiger partial charge in [0.1, 0.15) is 0 Å². The Bertz CT molecular complexity index is 186. The van der Waals surface area contributed by atoms with E-state index >= 15 is 0 Å². The summed E-state index contributed by atoms with van der Waals surface area (Å²) in [6.07, 6.45) is 7.59. The van der Waals surface area contributed by atoms with Crippen molar-refractivity contribution in [1.29, 1.82) is 5.26 Å². The van der Waals surface area contributed by atoms with E-state index in [0.717, 1.165) is 6.42 Å². The van der Waals surface area contributed by atoms with Gasteiger partial charge in [-0.2, -0.15) is 5.26 Å². The van der Waals surface area contributed by atoms with E-state index in [1.807, 2.05) is 0 Å². The maximum atomic E-state index is 8.70. The lowest BCUT2D eigenvalue weighted by Crippen LogP contribution is -2.39. The van der Waals surface area contributed by atoms with E-state index in [2.05, 4.69) is 11.4 Å². The molecule has 1 heterocycles. The molecule has 1 atom stereocenters. The van der Waals surface area contributed by atoms with Crippen molar-refractivity contribution in [3.63, 3.8) is 0 Å². The molecule has 2 rings (SSSR count). The van der Waals surface area contributed by atoms with Crippen molar-refractivity contribution in [1.82, 2.24) is 5.32 Å². The molecule has 2 aliphatic rings. The fraction of sp³-hybridized carbons (Fsp3) is 0.889. The van der Waals surface area contributed by atoms with Crippen LogP contribution in [0.2, 0.25) is 0 Å². The molecule has 1 spiro atoms. The predicted octanol–water partition coefficient (Wildman–Crippen LogP) is 1.57. The van der Waals surface area contributed by atoms with Gasteiger partial charge in [0.15, 0.2) is 0 Å². The van der Waals surface area contributed by atoms with Crippen molar-refractivity contribution in [3.8, 4) is 6.07 Å². The molecule has 2 nitrogen and oxygen atoms in total. The lowest BCUT2D eigenvalue weighted by molar-refractivity contribution is 0.379. The Morgan fingerprint density at radius 2 is 2.00 bits per heavy atom. The molecule has 2 fully saturated rings. The van der Waals surface area contributed by atoms with Crippen LogP contribution in [0.5, 0.6) is 0 Å². The second-order valence-electron chi connectivity index (χ2n) is 3.85. The number of rotatable bonds is 0. The van der Waals surface area contributed by atoms with Gasteiger partial charge in [-0.1, -0.05) is 12.8 Å². The van der Waals surface area contributed by atoms with Gasteiger partial charge >= 0.3 is 0 Å². The van der Waals surface area contributed by atoms with Crippen LogP contribution in [0.25, 0.3) is 0 Å². The average Bonchev–Trinajstić information content (AvgIpc) is 2.62. The van der Waals surface area contributed by atoms with E-state index in [9.17, 15) is 0 Å². The smallest absolute Gasteiger partial charge is 0.0957 e. The zero-order valence-corrected chi connectivity index (χ0v) is 6.77. The van der Waals surface area contributed by atoms with Gasteiger partial charge in [-0.05, 0) is 25.7 Å². The fourth-order valence-electron chi connectivity index (χ4n) is 2.48. The molecule has 0 aromatic rings. The van der Waals surface area contributed by atoms with E-state index in [-0.39, 0.29) is 6.04 Å². The van der Waals surface area contributed by atoms with Crippen LogP contribution in [0, 0.1) is 11.3 Å². The summed E-state index contributed by atoms with van der Waals surface area (Å²) in [6, 6.07) is 2.45. The summed E-state index contributed by atoms with van der Waals surface area (Å²) in [4.78, 5) is 0. The SMILES string of the molecule is N#CC1CCC2(CCCC2)N1. The molecule has 2 heteroatoms. The minimum Gasteiger partial charge on any atom is -0.296 e. The highest BCUT2D eigenvalue weighted by Crippen LogP contribution is 2.38. The summed E-state index contributed by atoms with van der Waals surface area (Å²) in [5.74, 6) is 0. The first-order valence-electron chi connectivity index (χ1n) is 4.52. The highest BCUT2D eigenvalue weighted by atomic mass is 15.0. The second-order valence-corrected chi connectivity index (χ2v) is 3.85. The largest absolute Gasteiger partial charge is 0.296 e. The Hall–Kier alpha value is -0.550. The Labute approximate surface area is 67.6 Å². The van der Waals surface area contributed by atoms with Crippen LogP contribution in [-0.4, -0.2) is 11.6 Å². The minimum atomic E-state index is 0.146. The van der Waals surface area contributed by atoms with Crippen LogP contribution in [0.1, 0.15) is 38.5 Å². The molecule has 0 amide bonds. The lowest BCUT2D eigenvalue weighted by Gasteiger charge is -2.22. The number of nitrogens with zero attached hydrogens (tertiary/aromatic N) is 1. The highest BCUT2D eigenvalue weighted by Gasteiger charge is 2.40. The first-order chi connectivity index (χ1) is 5.35. The predicted molar refractivity (Wildman–Crippen MR) is 43.0 cm³/mol. The molecule has 0 radical (unpaired) electrons. The van der Waals surface area contributed by atoms with Gasteiger partial charge in [0.2, 0.25) is 0 Å². The molecule has 1 aliphatic carbocycles. The second kappa shape index (κ2) is 2.49. The van der Waals surface area contributed by atoms with Gasteiger partial charge in [-0.3, -0.25) is 5.32 Å². The molecule has 0 bridgehead atoms. The van der Waals surface area contributed by atoms with Crippen molar-refractivity contribution in [2.45, 2.75) is 50.1 Å². The third-order valence-electron chi connectivity index (χ3n) is 3.11. The van der Waals surface area contributed by atoms with Crippen LogP contribution in [-0.2, 0) is 0 Å². The van der Waals surface area contributed by atoms with Gasteiger partial charge in [0.05, 0.1) is 12.1 Å². The molecule has 0 aromatic carbocycles. The molecule has 1 aliphatic heterocycles. The summed E-state index contributed by atoms with van der Waals surface area (Å²) >= 11 is 0. The standard InChI is InChI=1S/C9H14N2/c10-7-8-3-6-9(11-8)4-1-2-5-9/h8,11H,1-6H2. The fourth-order valence-corrected chi connectivity index (χ4v) is 2.48. The molecular formula is C9H14N2. The van der Waals surface area contributed by atoms with Crippen molar-refractivity contribution in [3.05, 3.63) is 0 Å². The monoisotopic (exact) mass is 150 g/mol. The molecule has 1 saturated carbocycles. The first kappa shape index (κ1) is 7.12. The maximum absolute atomic E-state index is 8.70. The molecule has 11 heavy (non-hydrogen) atoms. The number of nitriles is 1. The molecule has 1 unspecified atom stereocenters. The summed E-state index contributed by atoms with van der Waals surface area (Å²) in [5.41, 5.74) is 0.389. The quantitative estimate of drug-likeness (QED) is 0.569. The van der Waals surface area contributed by atoms with Crippen LogP contribution >= 0.6 is 0 Å². The van der Waals surface area contributed by atoms with Gasteiger partial charge in [0.25, 0.3) is 0 Å². The summed E-state index contributed by atoms with van der Waals surface area (Å²) in [5, 5.41) is 12.2. The van der Waals surface area contributed by atoms with E-state index in [0.29, 0.717) is 5.54 Å². The van der Waals surface area contributed by atoms with Gasteiger partial charge in [0, 0.05) is 5.54 Å². The molecule has 1 saturated heterocycles. The van der Waals surface area contributed by atoms with Crippen molar-refractivity contribution >= 4 is 0 Å². The summed E-state index contributed by atoms with van der Waals surface area (Å²) in [7, 11) is 0. The van der Waals surface area contributed by atoms with Crippen LogP contribution in [0.3, 0.4) is 0 Å². The number of hydrogen-bond acceptors (Lipinski definition) is 2. The van der Waals surface area contributed by atoms with Gasteiger partial charge < -0.3 is 0 Å². The molecule has 0 aromatic heterocycles. The minimum absolute atomic E-state index is 0.146. The number of hydrogen-bond donors (Lipinski definition) is 1. The topological polar surface area (TPSA) is 35.8 Å². The Balaban J connectivity index is 2.03. The molecule has 1 N–H and O–H groups in total. The summed E-state index contributed by atoms with van der Waals surface area (Å²) < 4.78 is 0. The van der Waals surface area contributed by atoms with Crippen LogP contribution in [0.4, 0.5) is 0 Å². The zero-order valence-electron chi connectivity index (χ0n) is 6.77. The highest BCUT2D eigenvalue weighted by molar-refractivity contribution is 5.07. The van der Waals surface area contributed by atoms with E-state index in [1.165, 1.54) is 32.1 Å². The Kier molecular flexibility index (Phi) is 1.61. The molecular weight excluding hydrogens is 136 g/mol. The third kappa shape index (κ3) is 1.14.